The van der Waals surface area contributed by atoms with Gasteiger partial charge in [0, 0.05) is 18.8 Å². The van der Waals surface area contributed by atoms with Gasteiger partial charge in [0.25, 0.3) is 0 Å². The summed E-state index contributed by atoms with van der Waals surface area (Å²) >= 11 is 0. The molecule has 0 aliphatic heterocycles. The number of hydrogen-bond donors (Lipinski definition) is 1. The van der Waals surface area contributed by atoms with Gasteiger partial charge in [-0.2, -0.15) is 0 Å². The molecule has 0 atom stereocenters. The summed E-state index contributed by atoms with van der Waals surface area (Å²) in [6.07, 6.45) is 5.16. The zero-order valence-corrected chi connectivity index (χ0v) is 12.5. The highest BCUT2D eigenvalue weighted by Crippen LogP contribution is 2.36. The minimum absolute atomic E-state index is 0.371. The topological polar surface area (TPSA) is 47.0 Å². The molecule has 1 aliphatic carbocycles. The SMILES string of the molecule is CNc1cc(C)nc(COC2CCC(C)(C)CC2)n1. The average molecular weight is 263 g/mol. The molecule has 0 saturated heterocycles. The lowest BCUT2D eigenvalue weighted by Gasteiger charge is -2.34. The van der Waals surface area contributed by atoms with E-state index in [2.05, 4.69) is 29.1 Å². The van der Waals surface area contributed by atoms with Gasteiger partial charge >= 0.3 is 0 Å². The van der Waals surface area contributed by atoms with Crippen molar-refractivity contribution < 1.29 is 4.74 Å². The van der Waals surface area contributed by atoms with Crippen molar-refractivity contribution in [3.8, 4) is 0 Å². The highest BCUT2D eigenvalue weighted by atomic mass is 16.5. The van der Waals surface area contributed by atoms with Gasteiger partial charge in [-0.05, 0) is 38.0 Å². The molecule has 1 heterocycles. The Balaban J connectivity index is 1.87. The van der Waals surface area contributed by atoms with E-state index in [-0.39, 0.29) is 0 Å². The third kappa shape index (κ3) is 4.16. The van der Waals surface area contributed by atoms with Gasteiger partial charge in [-0.25, -0.2) is 9.97 Å². The van der Waals surface area contributed by atoms with Crippen LogP contribution in [0, 0.1) is 12.3 Å². The fourth-order valence-electron chi connectivity index (χ4n) is 2.55. The maximum absolute atomic E-state index is 5.96. The second kappa shape index (κ2) is 5.87. The Morgan fingerprint density at radius 3 is 2.63 bits per heavy atom. The van der Waals surface area contributed by atoms with Crippen molar-refractivity contribution in [3.63, 3.8) is 0 Å². The number of anilines is 1. The maximum Gasteiger partial charge on any atom is 0.156 e. The molecule has 1 saturated carbocycles. The maximum atomic E-state index is 5.96. The molecular weight excluding hydrogens is 238 g/mol. The minimum Gasteiger partial charge on any atom is -0.373 e. The minimum atomic E-state index is 0.371. The van der Waals surface area contributed by atoms with E-state index in [9.17, 15) is 0 Å². The van der Waals surface area contributed by atoms with E-state index < -0.39 is 0 Å². The van der Waals surface area contributed by atoms with Crippen molar-refractivity contribution in [2.75, 3.05) is 12.4 Å². The number of nitrogens with one attached hydrogen (secondary N) is 1. The van der Waals surface area contributed by atoms with Gasteiger partial charge in [0.15, 0.2) is 5.82 Å². The summed E-state index contributed by atoms with van der Waals surface area (Å²) in [6.45, 7) is 7.18. The second-order valence-corrected chi connectivity index (χ2v) is 6.24. The first kappa shape index (κ1) is 14.3. The highest BCUT2D eigenvalue weighted by Gasteiger charge is 2.27. The molecular formula is C15H25N3O. The number of rotatable bonds is 4. The van der Waals surface area contributed by atoms with E-state index in [0.717, 1.165) is 30.2 Å². The molecule has 1 N–H and O–H groups in total. The Hall–Kier alpha value is -1.16. The molecule has 1 aromatic rings. The van der Waals surface area contributed by atoms with Crippen LogP contribution in [0.2, 0.25) is 0 Å². The Morgan fingerprint density at radius 2 is 2.00 bits per heavy atom. The molecule has 106 valence electrons. The molecule has 1 aliphatic rings. The van der Waals surface area contributed by atoms with Crippen LogP contribution in [0.25, 0.3) is 0 Å². The third-order valence-corrected chi connectivity index (χ3v) is 3.89. The number of ether oxygens (including phenoxy) is 1. The smallest absolute Gasteiger partial charge is 0.156 e. The van der Waals surface area contributed by atoms with Crippen LogP contribution in [0.5, 0.6) is 0 Å². The van der Waals surface area contributed by atoms with Gasteiger partial charge in [-0.1, -0.05) is 13.8 Å². The van der Waals surface area contributed by atoms with Crippen molar-refractivity contribution >= 4 is 5.82 Å². The Kier molecular flexibility index (Phi) is 4.40. The molecule has 1 aromatic heterocycles. The molecule has 0 spiro atoms. The van der Waals surface area contributed by atoms with Gasteiger partial charge < -0.3 is 10.1 Å². The van der Waals surface area contributed by atoms with Gasteiger partial charge in [0.05, 0.1) is 6.10 Å². The van der Waals surface area contributed by atoms with Crippen LogP contribution >= 0.6 is 0 Å². The second-order valence-electron chi connectivity index (χ2n) is 6.24. The van der Waals surface area contributed by atoms with Crippen LogP contribution in [-0.4, -0.2) is 23.1 Å². The Morgan fingerprint density at radius 1 is 1.32 bits per heavy atom. The lowest BCUT2D eigenvalue weighted by molar-refractivity contribution is -0.00829. The van der Waals surface area contributed by atoms with E-state index in [1.54, 1.807) is 0 Å². The summed E-state index contributed by atoms with van der Waals surface area (Å²) in [5.41, 5.74) is 1.46. The summed E-state index contributed by atoms with van der Waals surface area (Å²) in [7, 11) is 1.87. The molecule has 1 fully saturated rings. The van der Waals surface area contributed by atoms with Crippen LogP contribution < -0.4 is 5.32 Å². The number of nitrogens with zero attached hydrogens (tertiary/aromatic N) is 2. The molecule has 0 radical (unpaired) electrons. The largest absolute Gasteiger partial charge is 0.373 e. The fourth-order valence-corrected chi connectivity index (χ4v) is 2.55. The van der Waals surface area contributed by atoms with Crippen molar-refractivity contribution in [1.29, 1.82) is 0 Å². The van der Waals surface area contributed by atoms with Gasteiger partial charge in [0.1, 0.15) is 12.4 Å². The first-order valence-corrected chi connectivity index (χ1v) is 7.12. The molecule has 0 unspecified atom stereocenters. The van der Waals surface area contributed by atoms with Crippen molar-refractivity contribution in [2.45, 2.75) is 59.2 Å². The quantitative estimate of drug-likeness (QED) is 0.905. The molecule has 0 amide bonds. The first-order valence-electron chi connectivity index (χ1n) is 7.12. The monoisotopic (exact) mass is 263 g/mol. The Labute approximate surface area is 116 Å². The lowest BCUT2D eigenvalue weighted by atomic mass is 9.76. The average Bonchev–Trinajstić information content (AvgIpc) is 2.37. The molecule has 4 heteroatoms. The summed E-state index contributed by atoms with van der Waals surface area (Å²) in [5, 5.41) is 3.05. The third-order valence-electron chi connectivity index (χ3n) is 3.89. The van der Waals surface area contributed by atoms with E-state index in [1.165, 1.54) is 12.8 Å². The molecule has 2 rings (SSSR count). The summed E-state index contributed by atoms with van der Waals surface area (Å²) < 4.78 is 5.96. The van der Waals surface area contributed by atoms with Crippen LogP contribution in [0.3, 0.4) is 0 Å². The van der Waals surface area contributed by atoms with Crippen molar-refractivity contribution in [3.05, 3.63) is 17.6 Å². The molecule has 0 bridgehead atoms. The predicted octanol–water partition coefficient (Wildman–Crippen LogP) is 3.31. The number of aryl methyl sites for hydroxylation is 1. The van der Waals surface area contributed by atoms with Gasteiger partial charge in [-0.3, -0.25) is 0 Å². The first-order chi connectivity index (χ1) is 8.98. The van der Waals surface area contributed by atoms with Crippen molar-refractivity contribution in [1.82, 2.24) is 9.97 Å². The van der Waals surface area contributed by atoms with Crippen LogP contribution in [-0.2, 0) is 11.3 Å². The van der Waals surface area contributed by atoms with Gasteiger partial charge in [0.2, 0.25) is 0 Å². The van der Waals surface area contributed by atoms with E-state index in [0.29, 0.717) is 18.1 Å². The number of hydrogen-bond acceptors (Lipinski definition) is 4. The van der Waals surface area contributed by atoms with Crippen LogP contribution in [0.4, 0.5) is 5.82 Å². The summed E-state index contributed by atoms with van der Waals surface area (Å²) in [5.74, 6) is 1.63. The number of aromatic nitrogens is 2. The van der Waals surface area contributed by atoms with Crippen LogP contribution in [0.15, 0.2) is 6.07 Å². The lowest BCUT2D eigenvalue weighted by Crippen LogP contribution is -2.26. The predicted molar refractivity (Wildman–Crippen MR) is 77.1 cm³/mol. The standard InChI is InChI=1S/C15H25N3O/c1-11-9-13(16-4)18-14(17-11)10-19-12-5-7-15(2,3)8-6-12/h9,12H,5-8,10H2,1-4H3,(H,16,17,18). The molecule has 4 nitrogen and oxygen atoms in total. The molecule has 0 aromatic carbocycles. The van der Waals surface area contributed by atoms with Crippen molar-refractivity contribution in [2.24, 2.45) is 5.41 Å². The van der Waals surface area contributed by atoms with Crippen LogP contribution in [0.1, 0.15) is 51.0 Å². The van der Waals surface area contributed by atoms with E-state index >= 15 is 0 Å². The van der Waals surface area contributed by atoms with E-state index in [1.807, 2.05) is 20.0 Å². The van der Waals surface area contributed by atoms with Gasteiger partial charge in [-0.15, -0.1) is 0 Å². The zero-order valence-electron chi connectivity index (χ0n) is 12.5. The van der Waals surface area contributed by atoms with E-state index in [4.69, 9.17) is 4.74 Å². The zero-order chi connectivity index (χ0) is 13.9. The Bertz CT molecular complexity index is 421. The molecule has 19 heavy (non-hydrogen) atoms. The normalized spacial score (nSPS) is 19.4. The summed E-state index contributed by atoms with van der Waals surface area (Å²) in [6, 6.07) is 1.94. The highest BCUT2D eigenvalue weighted by molar-refractivity contribution is 5.34. The summed E-state index contributed by atoms with van der Waals surface area (Å²) in [4.78, 5) is 8.84. The fraction of sp³-hybridized carbons (Fsp3) is 0.733.